The summed E-state index contributed by atoms with van der Waals surface area (Å²) in [5.41, 5.74) is -1.44. The van der Waals surface area contributed by atoms with E-state index in [1.165, 1.54) is 4.90 Å². The molecule has 0 radical (unpaired) electrons. The van der Waals surface area contributed by atoms with E-state index in [9.17, 15) is 14.7 Å². The zero-order chi connectivity index (χ0) is 17.1. The quantitative estimate of drug-likeness (QED) is 0.841. The number of amides is 1. The predicted octanol–water partition coefficient (Wildman–Crippen LogP) is 1.42. The smallest absolute Gasteiger partial charge is 0.410 e. The topological polar surface area (TPSA) is 79.3 Å². The number of ether oxygens (including phenoxy) is 2. The van der Waals surface area contributed by atoms with Crippen LogP contribution in [-0.4, -0.2) is 78.5 Å². The van der Waals surface area contributed by atoms with E-state index in [-0.39, 0.29) is 6.54 Å². The van der Waals surface area contributed by atoms with Crippen LogP contribution in [0, 0.1) is 5.41 Å². The van der Waals surface area contributed by atoms with Gasteiger partial charge in [0.15, 0.2) is 0 Å². The Morgan fingerprint density at radius 1 is 1.22 bits per heavy atom. The van der Waals surface area contributed by atoms with Crippen molar-refractivity contribution in [1.82, 2.24) is 9.80 Å². The molecule has 0 aromatic carbocycles. The first kappa shape index (κ1) is 18.0. The van der Waals surface area contributed by atoms with Crippen LogP contribution in [0.1, 0.15) is 33.6 Å². The Hall–Kier alpha value is -1.34. The Bertz CT molecular complexity index is 442. The normalized spacial score (nSPS) is 26.3. The maximum atomic E-state index is 12.2. The van der Waals surface area contributed by atoms with Crippen LogP contribution in [0.5, 0.6) is 0 Å². The number of nitrogens with zero attached hydrogens (tertiary/aromatic N) is 2. The molecule has 2 fully saturated rings. The van der Waals surface area contributed by atoms with Gasteiger partial charge in [-0.3, -0.25) is 9.69 Å². The Labute approximate surface area is 137 Å². The maximum Gasteiger partial charge on any atom is 0.410 e. The third kappa shape index (κ3) is 4.81. The van der Waals surface area contributed by atoms with Crippen molar-refractivity contribution < 1.29 is 24.2 Å². The first-order valence-corrected chi connectivity index (χ1v) is 8.23. The summed E-state index contributed by atoms with van der Waals surface area (Å²) < 4.78 is 10.7. The van der Waals surface area contributed by atoms with Crippen LogP contribution >= 0.6 is 0 Å². The van der Waals surface area contributed by atoms with E-state index >= 15 is 0 Å². The first-order valence-electron chi connectivity index (χ1n) is 8.23. The Balaban J connectivity index is 1.93. The van der Waals surface area contributed by atoms with E-state index in [0.717, 1.165) is 19.6 Å². The summed E-state index contributed by atoms with van der Waals surface area (Å²) in [6, 6.07) is 0. The van der Waals surface area contributed by atoms with E-state index in [1.807, 2.05) is 20.8 Å². The van der Waals surface area contributed by atoms with Crippen molar-refractivity contribution in [2.24, 2.45) is 5.41 Å². The fraction of sp³-hybridized carbons (Fsp3) is 0.875. The van der Waals surface area contributed by atoms with Crippen LogP contribution in [-0.2, 0) is 14.3 Å². The molecule has 7 heteroatoms. The Kier molecular flexibility index (Phi) is 5.52. The Morgan fingerprint density at radius 2 is 1.87 bits per heavy atom. The number of rotatable bonds is 4. The molecule has 132 valence electrons. The standard InChI is InChI=1S/C16H28N2O5/c1-15(2,3)23-14(21)18-7-5-16(12-18,13(19)20)4-6-17-8-10-22-11-9-17/h4-12H2,1-3H3,(H,19,20). The van der Waals surface area contributed by atoms with Crippen LogP contribution in [0.25, 0.3) is 0 Å². The molecular weight excluding hydrogens is 300 g/mol. The van der Waals surface area contributed by atoms with Crippen molar-refractivity contribution >= 4 is 12.1 Å². The Morgan fingerprint density at radius 3 is 2.43 bits per heavy atom. The van der Waals surface area contributed by atoms with E-state index < -0.39 is 23.1 Å². The van der Waals surface area contributed by atoms with E-state index in [2.05, 4.69) is 4.90 Å². The first-order chi connectivity index (χ1) is 10.7. The lowest BCUT2D eigenvalue weighted by molar-refractivity contribution is -0.148. The van der Waals surface area contributed by atoms with E-state index in [1.54, 1.807) is 0 Å². The molecule has 0 saturated carbocycles. The van der Waals surface area contributed by atoms with Crippen molar-refractivity contribution in [3.05, 3.63) is 0 Å². The van der Waals surface area contributed by atoms with Crippen LogP contribution in [0.4, 0.5) is 4.79 Å². The SMILES string of the molecule is CC(C)(C)OC(=O)N1CCC(CCN2CCOCC2)(C(=O)O)C1. The van der Waals surface area contributed by atoms with Crippen molar-refractivity contribution in [3.8, 4) is 0 Å². The van der Waals surface area contributed by atoms with E-state index in [0.29, 0.717) is 32.6 Å². The second-order valence-corrected chi connectivity index (χ2v) is 7.44. The fourth-order valence-corrected chi connectivity index (χ4v) is 3.04. The van der Waals surface area contributed by atoms with Crippen molar-refractivity contribution in [3.63, 3.8) is 0 Å². The molecule has 0 bridgehead atoms. The molecule has 2 heterocycles. The van der Waals surface area contributed by atoms with Gasteiger partial charge in [-0.2, -0.15) is 0 Å². The molecule has 2 rings (SSSR count). The molecule has 0 aliphatic carbocycles. The molecule has 2 aliphatic rings. The number of carbonyl (C=O) groups excluding carboxylic acids is 1. The van der Waals surface area contributed by atoms with Gasteiger partial charge in [-0.25, -0.2) is 4.79 Å². The summed E-state index contributed by atoms with van der Waals surface area (Å²) in [7, 11) is 0. The summed E-state index contributed by atoms with van der Waals surface area (Å²) in [5, 5.41) is 9.70. The van der Waals surface area contributed by atoms with Gasteiger partial charge < -0.3 is 19.5 Å². The number of carbonyl (C=O) groups is 2. The van der Waals surface area contributed by atoms with Crippen LogP contribution in [0.15, 0.2) is 0 Å². The largest absolute Gasteiger partial charge is 0.481 e. The average Bonchev–Trinajstić information content (AvgIpc) is 2.90. The van der Waals surface area contributed by atoms with Gasteiger partial charge in [-0.05, 0) is 40.2 Å². The number of aliphatic carboxylic acids is 1. The van der Waals surface area contributed by atoms with Gasteiger partial charge in [0, 0.05) is 26.2 Å². The van der Waals surface area contributed by atoms with Gasteiger partial charge in [0.2, 0.25) is 0 Å². The molecular formula is C16H28N2O5. The molecule has 23 heavy (non-hydrogen) atoms. The summed E-state index contributed by atoms with van der Waals surface area (Å²) in [6.07, 6.45) is 0.597. The molecule has 0 aromatic rings. The highest BCUT2D eigenvalue weighted by atomic mass is 16.6. The summed E-state index contributed by atoms with van der Waals surface area (Å²) in [6.45, 7) is 9.88. The second-order valence-electron chi connectivity index (χ2n) is 7.44. The predicted molar refractivity (Wildman–Crippen MR) is 84.4 cm³/mol. The average molecular weight is 328 g/mol. The summed E-state index contributed by atoms with van der Waals surface area (Å²) in [5.74, 6) is -0.822. The third-order valence-corrected chi connectivity index (χ3v) is 4.47. The minimum absolute atomic E-state index is 0.224. The minimum Gasteiger partial charge on any atom is -0.481 e. The van der Waals surface area contributed by atoms with Gasteiger partial charge in [-0.1, -0.05) is 0 Å². The highest BCUT2D eigenvalue weighted by Crippen LogP contribution is 2.35. The molecule has 1 amide bonds. The zero-order valence-corrected chi connectivity index (χ0v) is 14.3. The molecule has 0 aromatic heterocycles. The lowest BCUT2D eigenvalue weighted by Gasteiger charge is -2.31. The number of carboxylic acid groups (broad SMARTS) is 1. The lowest BCUT2D eigenvalue weighted by atomic mass is 9.83. The summed E-state index contributed by atoms with van der Waals surface area (Å²) in [4.78, 5) is 27.7. The third-order valence-electron chi connectivity index (χ3n) is 4.47. The van der Waals surface area contributed by atoms with Crippen molar-refractivity contribution in [1.29, 1.82) is 0 Å². The van der Waals surface area contributed by atoms with Gasteiger partial charge in [-0.15, -0.1) is 0 Å². The van der Waals surface area contributed by atoms with Gasteiger partial charge in [0.05, 0.1) is 18.6 Å². The number of hydrogen-bond acceptors (Lipinski definition) is 5. The molecule has 1 N–H and O–H groups in total. The monoisotopic (exact) mass is 328 g/mol. The van der Waals surface area contributed by atoms with Gasteiger partial charge in [0.1, 0.15) is 5.60 Å². The molecule has 0 spiro atoms. The molecule has 2 aliphatic heterocycles. The van der Waals surface area contributed by atoms with Crippen LogP contribution < -0.4 is 0 Å². The van der Waals surface area contributed by atoms with Gasteiger partial charge >= 0.3 is 12.1 Å². The highest BCUT2D eigenvalue weighted by Gasteiger charge is 2.47. The summed E-state index contributed by atoms with van der Waals surface area (Å²) >= 11 is 0. The van der Waals surface area contributed by atoms with Crippen molar-refractivity contribution in [2.75, 3.05) is 45.9 Å². The second kappa shape index (κ2) is 7.05. The van der Waals surface area contributed by atoms with E-state index in [4.69, 9.17) is 9.47 Å². The van der Waals surface area contributed by atoms with Crippen molar-refractivity contribution in [2.45, 2.75) is 39.2 Å². The lowest BCUT2D eigenvalue weighted by Crippen LogP contribution is -2.43. The van der Waals surface area contributed by atoms with Crippen LogP contribution in [0.3, 0.4) is 0 Å². The zero-order valence-electron chi connectivity index (χ0n) is 14.3. The molecule has 2 saturated heterocycles. The number of hydrogen-bond donors (Lipinski definition) is 1. The maximum absolute atomic E-state index is 12.2. The highest BCUT2D eigenvalue weighted by molar-refractivity contribution is 5.78. The number of likely N-dealkylation sites (tertiary alicyclic amines) is 1. The molecule has 1 atom stereocenters. The number of carboxylic acids is 1. The van der Waals surface area contributed by atoms with Gasteiger partial charge in [0.25, 0.3) is 0 Å². The molecule has 7 nitrogen and oxygen atoms in total. The number of morpholine rings is 1. The minimum atomic E-state index is -0.866. The fourth-order valence-electron chi connectivity index (χ4n) is 3.04. The van der Waals surface area contributed by atoms with Crippen LogP contribution in [0.2, 0.25) is 0 Å². The molecule has 1 unspecified atom stereocenters.